The van der Waals surface area contributed by atoms with Crippen LogP contribution < -0.4 is 10.1 Å². The summed E-state index contributed by atoms with van der Waals surface area (Å²) in [7, 11) is 0. The van der Waals surface area contributed by atoms with Crippen molar-refractivity contribution in [3.8, 4) is 11.5 Å². The molecule has 1 amide bonds. The van der Waals surface area contributed by atoms with Crippen LogP contribution in [0.3, 0.4) is 0 Å². The van der Waals surface area contributed by atoms with Crippen molar-refractivity contribution < 1.29 is 13.9 Å². The summed E-state index contributed by atoms with van der Waals surface area (Å²) in [6.45, 7) is 7.55. The number of nitrogens with one attached hydrogen (secondary N) is 1. The van der Waals surface area contributed by atoms with Gasteiger partial charge in [-0.15, -0.1) is 5.73 Å². The number of benzene rings is 1. The molecule has 1 aliphatic heterocycles. The van der Waals surface area contributed by atoms with Crippen molar-refractivity contribution in [1.29, 1.82) is 0 Å². The molecular formula is C29H24FN9O2. The summed E-state index contributed by atoms with van der Waals surface area (Å²) in [6, 6.07) is 6.55. The van der Waals surface area contributed by atoms with E-state index in [1.807, 2.05) is 13.0 Å². The Morgan fingerprint density at radius 1 is 1.22 bits per heavy atom. The van der Waals surface area contributed by atoms with Crippen LogP contribution in [0, 0.1) is 12.7 Å². The fourth-order valence-electron chi connectivity index (χ4n) is 4.67. The summed E-state index contributed by atoms with van der Waals surface area (Å²) >= 11 is 0. The van der Waals surface area contributed by atoms with Crippen LogP contribution in [0.4, 0.5) is 15.9 Å². The van der Waals surface area contributed by atoms with Crippen LogP contribution in [-0.2, 0) is 4.79 Å². The molecule has 5 aromatic rings. The number of fused-ring (bicyclic) bond motifs is 2. The highest BCUT2D eigenvalue weighted by Gasteiger charge is 2.24. The average molecular weight is 550 g/mol. The Bertz CT molecular complexity index is 1890. The lowest BCUT2D eigenvalue weighted by atomic mass is 10.0. The van der Waals surface area contributed by atoms with E-state index in [4.69, 9.17) is 9.72 Å². The number of hydrogen-bond donors (Lipinski definition) is 1. The van der Waals surface area contributed by atoms with Crippen molar-refractivity contribution in [3.05, 3.63) is 91.0 Å². The van der Waals surface area contributed by atoms with E-state index in [0.717, 1.165) is 5.57 Å². The molecule has 0 saturated carbocycles. The van der Waals surface area contributed by atoms with Gasteiger partial charge in [-0.05, 0) is 44.0 Å². The first-order valence-electron chi connectivity index (χ1n) is 12.8. The highest BCUT2D eigenvalue weighted by molar-refractivity contribution is 5.89. The van der Waals surface area contributed by atoms with E-state index < -0.39 is 5.82 Å². The molecule has 6 rings (SSSR count). The molecule has 1 aliphatic rings. The van der Waals surface area contributed by atoms with Gasteiger partial charge in [0.1, 0.15) is 35.2 Å². The van der Waals surface area contributed by atoms with Gasteiger partial charge in [-0.25, -0.2) is 33.8 Å². The summed E-state index contributed by atoms with van der Waals surface area (Å²) < 4.78 is 23.1. The lowest BCUT2D eigenvalue weighted by Gasteiger charge is -2.31. The average Bonchev–Trinajstić information content (AvgIpc) is 3.45. The predicted octanol–water partition coefficient (Wildman–Crippen LogP) is 4.79. The molecule has 11 nitrogen and oxygen atoms in total. The zero-order valence-electron chi connectivity index (χ0n) is 22.2. The molecule has 0 spiro atoms. The standard InChI is InChI=1S/C29H24FN9O2/c1-4-5-25(40)38-10-8-19(12-17(38)2)28-31-14-22-27(37-28)29(34-15-32-22)36-21-6-7-23(18(3)26(21)30)41-20-9-11-39-24(13-20)33-16-35-39/h5-7,9,11-17H,1,8,10H2,2-3H3,(H,32,34,36)/t17-/m0/s1. The number of anilines is 2. The number of carbonyl (C=O) groups is 1. The summed E-state index contributed by atoms with van der Waals surface area (Å²) in [5.41, 5.74) is 5.51. The summed E-state index contributed by atoms with van der Waals surface area (Å²) in [6.07, 6.45) is 10.00. The molecule has 0 bridgehead atoms. The first-order valence-corrected chi connectivity index (χ1v) is 12.8. The molecule has 0 unspecified atom stereocenters. The lowest BCUT2D eigenvalue weighted by molar-refractivity contribution is -0.127. The minimum Gasteiger partial charge on any atom is -0.457 e. The minimum atomic E-state index is -0.491. The maximum atomic E-state index is 15.5. The number of amides is 1. The number of pyridine rings is 1. The smallest absolute Gasteiger partial charge is 0.254 e. The second-order valence-electron chi connectivity index (χ2n) is 9.41. The van der Waals surface area contributed by atoms with Crippen molar-refractivity contribution in [2.45, 2.75) is 26.3 Å². The molecule has 1 N–H and O–H groups in total. The summed E-state index contributed by atoms with van der Waals surface area (Å²) in [5, 5.41) is 7.12. The summed E-state index contributed by atoms with van der Waals surface area (Å²) in [5.74, 6) is 1.07. The van der Waals surface area contributed by atoms with Crippen LogP contribution >= 0.6 is 0 Å². The van der Waals surface area contributed by atoms with E-state index in [9.17, 15) is 4.79 Å². The normalized spacial score (nSPS) is 15.0. The Hall–Kier alpha value is -5.48. The van der Waals surface area contributed by atoms with Gasteiger partial charge >= 0.3 is 0 Å². The van der Waals surface area contributed by atoms with Gasteiger partial charge in [0.2, 0.25) is 0 Å². The SMILES string of the molecule is C=C=CC(=O)N1CCC(c2ncc3ncnc(Nc4ccc(Oc5ccn6ncnc6c5)c(C)c4F)c3n2)=C[C@@H]1C. The molecular weight excluding hydrogens is 525 g/mol. The first kappa shape index (κ1) is 25.8. The summed E-state index contributed by atoms with van der Waals surface area (Å²) in [4.78, 5) is 36.0. The molecule has 1 aromatic carbocycles. The second kappa shape index (κ2) is 10.6. The zero-order valence-corrected chi connectivity index (χ0v) is 22.2. The van der Waals surface area contributed by atoms with Gasteiger partial charge in [0.25, 0.3) is 5.91 Å². The van der Waals surface area contributed by atoms with E-state index in [0.29, 0.717) is 58.4 Å². The van der Waals surface area contributed by atoms with Crippen LogP contribution in [0.15, 0.2) is 73.8 Å². The molecule has 4 aromatic heterocycles. The van der Waals surface area contributed by atoms with Crippen LogP contribution in [-0.4, -0.2) is 57.9 Å². The number of aromatic nitrogens is 7. The van der Waals surface area contributed by atoms with Gasteiger partial charge in [-0.2, -0.15) is 5.10 Å². The van der Waals surface area contributed by atoms with Crippen LogP contribution in [0.5, 0.6) is 11.5 Å². The van der Waals surface area contributed by atoms with Gasteiger partial charge in [-0.3, -0.25) is 4.79 Å². The maximum Gasteiger partial charge on any atom is 0.254 e. The van der Waals surface area contributed by atoms with E-state index in [1.54, 1.807) is 53.0 Å². The number of rotatable bonds is 6. The molecule has 0 saturated heterocycles. The van der Waals surface area contributed by atoms with E-state index in [1.165, 1.54) is 18.7 Å². The Morgan fingerprint density at radius 3 is 2.93 bits per heavy atom. The Labute approximate surface area is 233 Å². The third-order valence-electron chi connectivity index (χ3n) is 6.80. The Kier molecular flexibility index (Phi) is 6.66. The van der Waals surface area contributed by atoms with E-state index in [-0.39, 0.29) is 17.6 Å². The van der Waals surface area contributed by atoms with Crippen LogP contribution in [0.2, 0.25) is 0 Å². The quantitative estimate of drug-likeness (QED) is 0.235. The third-order valence-corrected chi connectivity index (χ3v) is 6.80. The van der Waals surface area contributed by atoms with Gasteiger partial charge in [-0.1, -0.05) is 12.7 Å². The number of carbonyl (C=O) groups excluding carboxylic acids is 1. The molecule has 0 radical (unpaired) electrons. The highest BCUT2D eigenvalue weighted by atomic mass is 19.1. The molecule has 12 heteroatoms. The van der Waals surface area contributed by atoms with Gasteiger partial charge in [0, 0.05) is 36.5 Å². The van der Waals surface area contributed by atoms with Gasteiger partial charge in [0.05, 0.1) is 11.9 Å². The lowest BCUT2D eigenvalue weighted by Crippen LogP contribution is -2.39. The van der Waals surface area contributed by atoms with Crippen molar-refractivity contribution >= 4 is 39.7 Å². The Morgan fingerprint density at radius 2 is 2.10 bits per heavy atom. The van der Waals surface area contributed by atoms with Crippen LogP contribution in [0.1, 0.15) is 24.7 Å². The zero-order chi connectivity index (χ0) is 28.5. The number of hydrogen-bond acceptors (Lipinski definition) is 9. The largest absolute Gasteiger partial charge is 0.457 e. The second-order valence-corrected chi connectivity index (χ2v) is 9.41. The van der Waals surface area contributed by atoms with Crippen molar-refractivity contribution in [3.63, 3.8) is 0 Å². The molecule has 0 aliphatic carbocycles. The van der Waals surface area contributed by atoms with Crippen LogP contribution in [0.25, 0.3) is 22.3 Å². The fourth-order valence-corrected chi connectivity index (χ4v) is 4.67. The van der Waals surface area contributed by atoms with Gasteiger partial charge in [0.15, 0.2) is 23.1 Å². The molecule has 5 heterocycles. The first-order chi connectivity index (χ1) is 19.9. The third kappa shape index (κ3) is 4.99. The molecule has 41 heavy (non-hydrogen) atoms. The fraction of sp³-hybridized carbons (Fsp3) is 0.172. The van der Waals surface area contributed by atoms with Crippen molar-refractivity contribution in [1.82, 2.24) is 39.4 Å². The van der Waals surface area contributed by atoms with Crippen molar-refractivity contribution in [2.75, 3.05) is 11.9 Å². The Balaban J connectivity index is 1.27. The molecule has 0 fully saturated rings. The molecule has 204 valence electrons. The van der Waals surface area contributed by atoms with E-state index >= 15 is 4.39 Å². The number of ether oxygens (including phenoxy) is 1. The maximum absolute atomic E-state index is 15.5. The van der Waals surface area contributed by atoms with Crippen molar-refractivity contribution in [2.24, 2.45) is 0 Å². The minimum absolute atomic E-state index is 0.146. The molecule has 1 atom stereocenters. The highest BCUT2D eigenvalue weighted by Crippen LogP contribution is 2.33. The van der Waals surface area contributed by atoms with E-state index in [2.05, 4.69) is 42.7 Å². The monoisotopic (exact) mass is 549 g/mol. The predicted molar refractivity (Wildman–Crippen MR) is 150 cm³/mol. The number of nitrogens with zero attached hydrogens (tertiary/aromatic N) is 8. The number of halogens is 1. The van der Waals surface area contributed by atoms with Gasteiger partial charge < -0.3 is 15.0 Å². The topological polar surface area (TPSA) is 123 Å².